The van der Waals surface area contributed by atoms with E-state index in [2.05, 4.69) is 9.72 Å². The van der Waals surface area contributed by atoms with E-state index in [0.29, 0.717) is 0 Å². The second kappa shape index (κ2) is 4.68. The Kier molecular flexibility index (Phi) is 3.54. The summed E-state index contributed by atoms with van der Waals surface area (Å²) in [5.41, 5.74) is -0.368. The summed E-state index contributed by atoms with van der Waals surface area (Å²) in [7, 11) is 1.19. The summed E-state index contributed by atoms with van der Waals surface area (Å²) < 4.78 is 28.7. The molecule has 0 aliphatic rings. The van der Waals surface area contributed by atoms with Gasteiger partial charge in [0.05, 0.1) is 19.2 Å². The number of aromatic hydroxyl groups is 1. The molecule has 0 atom stereocenters. The number of aromatic nitrogens is 1. The van der Waals surface area contributed by atoms with Crippen molar-refractivity contribution in [3.8, 4) is 5.75 Å². The van der Waals surface area contributed by atoms with Crippen LogP contribution in [0.15, 0.2) is 12.3 Å². The van der Waals surface area contributed by atoms with Crippen LogP contribution in [0, 0.1) is 0 Å². The van der Waals surface area contributed by atoms with Crippen LogP contribution in [0.4, 0.5) is 8.78 Å². The number of hydrogen-bond acceptors (Lipinski definition) is 4. The van der Waals surface area contributed by atoms with Gasteiger partial charge in [0.1, 0.15) is 5.75 Å². The number of rotatable bonds is 3. The monoisotopic (exact) mass is 217 g/mol. The smallest absolute Gasteiger partial charge is 0.311 e. The SMILES string of the molecule is COC(=O)Cc1ncc(C(F)F)cc1O. The number of halogens is 2. The summed E-state index contributed by atoms with van der Waals surface area (Å²) in [6.45, 7) is 0. The van der Waals surface area contributed by atoms with Gasteiger partial charge in [-0.2, -0.15) is 0 Å². The molecule has 15 heavy (non-hydrogen) atoms. The third-order valence-corrected chi connectivity index (χ3v) is 1.76. The van der Waals surface area contributed by atoms with Crippen molar-refractivity contribution in [2.75, 3.05) is 7.11 Å². The van der Waals surface area contributed by atoms with Crippen LogP contribution in [-0.2, 0) is 16.0 Å². The van der Waals surface area contributed by atoms with Crippen LogP contribution in [0.5, 0.6) is 5.75 Å². The minimum atomic E-state index is -2.70. The van der Waals surface area contributed by atoms with Gasteiger partial charge in [0.15, 0.2) is 0 Å². The van der Waals surface area contributed by atoms with Crippen molar-refractivity contribution in [2.45, 2.75) is 12.8 Å². The van der Waals surface area contributed by atoms with Gasteiger partial charge in [-0.15, -0.1) is 0 Å². The zero-order valence-corrected chi connectivity index (χ0v) is 7.91. The summed E-state index contributed by atoms with van der Waals surface area (Å²) in [4.78, 5) is 14.4. The molecule has 0 spiro atoms. The van der Waals surface area contributed by atoms with Crippen LogP contribution in [0.1, 0.15) is 17.7 Å². The summed E-state index contributed by atoms with van der Waals surface area (Å²) in [5.74, 6) is -1.03. The molecule has 0 amide bonds. The Hall–Kier alpha value is -1.72. The number of methoxy groups -OCH3 is 1. The van der Waals surface area contributed by atoms with Crippen molar-refractivity contribution in [3.63, 3.8) is 0 Å². The normalized spacial score (nSPS) is 10.4. The maximum Gasteiger partial charge on any atom is 0.311 e. The number of carbonyl (C=O) groups excluding carboxylic acids is 1. The fourth-order valence-electron chi connectivity index (χ4n) is 0.961. The molecule has 1 N–H and O–H groups in total. The van der Waals surface area contributed by atoms with Gasteiger partial charge in [0.25, 0.3) is 6.43 Å². The first-order valence-corrected chi connectivity index (χ1v) is 4.07. The number of nitrogens with zero attached hydrogens (tertiary/aromatic N) is 1. The predicted octanol–water partition coefficient (Wildman–Crippen LogP) is 1.44. The fraction of sp³-hybridized carbons (Fsp3) is 0.333. The molecular formula is C9H9F2NO3. The molecule has 82 valence electrons. The van der Waals surface area contributed by atoms with E-state index in [-0.39, 0.29) is 17.7 Å². The first kappa shape index (κ1) is 11.4. The fourth-order valence-corrected chi connectivity index (χ4v) is 0.961. The molecular weight excluding hydrogens is 208 g/mol. The number of ether oxygens (including phenoxy) is 1. The molecule has 0 radical (unpaired) electrons. The van der Waals surface area contributed by atoms with Crippen LogP contribution in [0.25, 0.3) is 0 Å². The van der Waals surface area contributed by atoms with E-state index < -0.39 is 18.1 Å². The molecule has 1 aromatic heterocycles. The first-order chi connectivity index (χ1) is 7.04. The Morgan fingerprint density at radius 2 is 2.33 bits per heavy atom. The highest BCUT2D eigenvalue weighted by molar-refractivity contribution is 5.72. The lowest BCUT2D eigenvalue weighted by Gasteiger charge is -2.04. The maximum atomic E-state index is 12.2. The minimum absolute atomic E-state index is 0.0197. The lowest BCUT2D eigenvalue weighted by Crippen LogP contribution is -2.06. The van der Waals surface area contributed by atoms with Gasteiger partial charge in [-0.3, -0.25) is 9.78 Å². The molecule has 0 saturated carbocycles. The topological polar surface area (TPSA) is 59.4 Å². The average molecular weight is 217 g/mol. The molecule has 0 aromatic carbocycles. The quantitative estimate of drug-likeness (QED) is 0.778. The van der Waals surface area contributed by atoms with Crippen LogP contribution < -0.4 is 0 Å². The second-order valence-corrected chi connectivity index (χ2v) is 2.79. The molecule has 4 nitrogen and oxygen atoms in total. The number of pyridine rings is 1. The zero-order valence-electron chi connectivity index (χ0n) is 7.91. The molecule has 1 heterocycles. The second-order valence-electron chi connectivity index (χ2n) is 2.79. The Morgan fingerprint density at radius 3 is 2.80 bits per heavy atom. The lowest BCUT2D eigenvalue weighted by atomic mass is 10.2. The third kappa shape index (κ3) is 2.87. The molecule has 0 unspecified atom stereocenters. The van der Waals surface area contributed by atoms with Crippen molar-refractivity contribution < 1.29 is 23.4 Å². The number of carbonyl (C=O) groups is 1. The number of alkyl halides is 2. The third-order valence-electron chi connectivity index (χ3n) is 1.76. The Labute approximate surface area is 84.5 Å². The summed E-state index contributed by atoms with van der Waals surface area (Å²) in [6.07, 6.45) is -2.02. The van der Waals surface area contributed by atoms with E-state index in [9.17, 15) is 18.7 Å². The molecule has 1 aromatic rings. The van der Waals surface area contributed by atoms with Crippen molar-refractivity contribution >= 4 is 5.97 Å². The van der Waals surface area contributed by atoms with Gasteiger partial charge in [0.2, 0.25) is 0 Å². The molecule has 6 heteroatoms. The van der Waals surface area contributed by atoms with Crippen molar-refractivity contribution in [1.82, 2.24) is 4.98 Å². The van der Waals surface area contributed by atoms with Gasteiger partial charge < -0.3 is 9.84 Å². The van der Waals surface area contributed by atoms with Gasteiger partial charge in [-0.1, -0.05) is 0 Å². The standard InChI is InChI=1S/C9H9F2NO3/c1-15-8(14)3-6-7(13)2-5(4-12-6)9(10)11/h2,4,9,13H,3H2,1H3. The lowest BCUT2D eigenvalue weighted by molar-refractivity contribution is -0.139. The molecule has 0 aliphatic heterocycles. The van der Waals surface area contributed by atoms with Crippen LogP contribution in [0.3, 0.4) is 0 Å². The molecule has 0 saturated heterocycles. The molecule has 1 rings (SSSR count). The summed E-state index contributed by atoms with van der Waals surface area (Å²) in [5, 5.41) is 9.28. The largest absolute Gasteiger partial charge is 0.506 e. The van der Waals surface area contributed by atoms with Crippen molar-refractivity contribution in [1.29, 1.82) is 0 Å². The Balaban J connectivity index is 2.88. The van der Waals surface area contributed by atoms with Gasteiger partial charge in [0, 0.05) is 11.8 Å². The van der Waals surface area contributed by atoms with Gasteiger partial charge in [-0.05, 0) is 6.07 Å². The van der Waals surface area contributed by atoms with Crippen LogP contribution in [-0.4, -0.2) is 23.2 Å². The Bertz CT molecular complexity index is 368. The van der Waals surface area contributed by atoms with Crippen molar-refractivity contribution in [2.24, 2.45) is 0 Å². The van der Waals surface area contributed by atoms with Gasteiger partial charge in [-0.25, -0.2) is 8.78 Å². The molecule has 0 fully saturated rings. The molecule has 0 bridgehead atoms. The highest BCUT2D eigenvalue weighted by Crippen LogP contribution is 2.24. The number of esters is 1. The van der Waals surface area contributed by atoms with E-state index in [1.165, 1.54) is 7.11 Å². The van der Waals surface area contributed by atoms with Crippen LogP contribution in [0.2, 0.25) is 0 Å². The maximum absolute atomic E-state index is 12.2. The summed E-state index contributed by atoms with van der Waals surface area (Å²) >= 11 is 0. The number of hydrogen-bond donors (Lipinski definition) is 1. The minimum Gasteiger partial charge on any atom is -0.506 e. The average Bonchev–Trinajstić information content (AvgIpc) is 2.20. The first-order valence-electron chi connectivity index (χ1n) is 4.07. The predicted molar refractivity (Wildman–Crippen MR) is 46.6 cm³/mol. The van der Waals surface area contributed by atoms with E-state index in [1.807, 2.05) is 0 Å². The van der Waals surface area contributed by atoms with Crippen LogP contribution >= 0.6 is 0 Å². The highest BCUT2D eigenvalue weighted by atomic mass is 19.3. The van der Waals surface area contributed by atoms with Gasteiger partial charge >= 0.3 is 5.97 Å². The summed E-state index contributed by atoms with van der Waals surface area (Å²) in [6, 6.07) is 0.885. The Morgan fingerprint density at radius 1 is 1.67 bits per heavy atom. The zero-order chi connectivity index (χ0) is 11.4. The van der Waals surface area contributed by atoms with E-state index in [4.69, 9.17) is 0 Å². The van der Waals surface area contributed by atoms with E-state index >= 15 is 0 Å². The van der Waals surface area contributed by atoms with E-state index in [0.717, 1.165) is 12.3 Å². The van der Waals surface area contributed by atoms with Crippen molar-refractivity contribution in [3.05, 3.63) is 23.5 Å². The highest BCUT2D eigenvalue weighted by Gasteiger charge is 2.13. The van der Waals surface area contributed by atoms with E-state index in [1.54, 1.807) is 0 Å². The molecule has 0 aliphatic carbocycles.